The van der Waals surface area contributed by atoms with Gasteiger partial charge in [0.05, 0.1) is 6.61 Å². The van der Waals surface area contributed by atoms with Crippen LogP contribution >= 0.6 is 0 Å². The van der Waals surface area contributed by atoms with Crippen LogP contribution < -0.4 is 0 Å². The third kappa shape index (κ3) is 12.2. The Labute approximate surface area is 111 Å². The maximum absolute atomic E-state index is 9.90. The first-order valence-corrected chi connectivity index (χ1v) is 3.94. The summed E-state index contributed by atoms with van der Waals surface area (Å²) >= 11 is 0. The predicted molar refractivity (Wildman–Crippen MR) is 45.0 cm³/mol. The molecule has 0 aromatic carbocycles. The first-order chi connectivity index (χ1) is 6.54. The van der Waals surface area contributed by atoms with Gasteiger partial charge in [0.1, 0.15) is 24.4 Å². The van der Waals surface area contributed by atoms with E-state index in [9.17, 15) is 4.79 Å². The molecule has 1 radical (unpaired) electrons. The van der Waals surface area contributed by atoms with Crippen molar-refractivity contribution in [1.29, 1.82) is 0 Å². The van der Waals surface area contributed by atoms with E-state index in [1.165, 1.54) is 0 Å². The smallest absolute Gasteiger partial charge is 2.00 e. The second-order valence-corrected chi connectivity index (χ2v) is 2.36. The summed E-state index contributed by atoms with van der Waals surface area (Å²) < 4.78 is 8.06. The average Bonchev–Trinajstić information content (AvgIpc) is 2.27. The van der Waals surface area contributed by atoms with Gasteiger partial charge in [-0.05, 0) is 0 Å². The minimum Gasteiger partial charge on any atom is -2.00 e. The van der Waals surface area contributed by atoms with Crippen LogP contribution in [-0.4, -0.2) is 73.0 Å². The van der Waals surface area contributed by atoms with Crippen molar-refractivity contribution in [2.45, 2.75) is 24.4 Å². The molecule has 0 spiro atoms. The SMILES string of the molecule is O=C[C@H](O)[C@@H](O)[C@H](O)[C@H](O)CO.O=[Si+2].[Mn+2].[O-2].[O-2]. The quantitative estimate of drug-likeness (QED) is 0.251. The largest absolute Gasteiger partial charge is 2.00 e. The van der Waals surface area contributed by atoms with Crippen LogP contribution in [0.25, 0.3) is 0 Å². The molecule has 0 unspecified atom stereocenters. The Morgan fingerprint density at radius 3 is 1.59 bits per heavy atom. The van der Waals surface area contributed by atoms with Gasteiger partial charge in [0, 0.05) is 0 Å². The van der Waals surface area contributed by atoms with Crippen molar-refractivity contribution in [3.63, 3.8) is 0 Å². The molecule has 0 amide bonds. The average molecular weight is 311 g/mol. The third-order valence-corrected chi connectivity index (χ3v) is 1.42. The Hall–Kier alpha value is -0.0736. The molecule has 0 aromatic heterocycles. The van der Waals surface area contributed by atoms with Crippen LogP contribution in [0.15, 0.2) is 0 Å². The maximum Gasteiger partial charge on any atom is 2.00 e. The number of rotatable bonds is 5. The molecule has 9 nitrogen and oxygen atoms in total. The van der Waals surface area contributed by atoms with Gasteiger partial charge in [-0.1, -0.05) is 0 Å². The van der Waals surface area contributed by atoms with E-state index in [4.69, 9.17) is 30.0 Å². The molecule has 0 fully saturated rings. The Kier molecular flexibility index (Phi) is 32.5. The number of carbonyl (C=O) groups excluding carboxylic acids is 1. The van der Waals surface area contributed by atoms with E-state index >= 15 is 0 Å². The molecule has 101 valence electrons. The minimum atomic E-state index is -1.79. The van der Waals surface area contributed by atoms with Gasteiger partial charge in [0.15, 0.2) is 6.29 Å². The topological polar surface area (TPSA) is 192 Å². The summed E-state index contributed by atoms with van der Waals surface area (Å²) in [5, 5.41) is 43.5. The third-order valence-electron chi connectivity index (χ3n) is 1.42. The zero-order valence-electron chi connectivity index (χ0n) is 8.34. The van der Waals surface area contributed by atoms with Gasteiger partial charge in [-0.15, -0.1) is 0 Å². The van der Waals surface area contributed by atoms with Gasteiger partial charge in [-0.3, -0.25) is 0 Å². The van der Waals surface area contributed by atoms with Crippen LogP contribution in [0.5, 0.6) is 0 Å². The van der Waals surface area contributed by atoms with Crippen molar-refractivity contribution in [2.24, 2.45) is 0 Å². The van der Waals surface area contributed by atoms with Crippen LogP contribution in [0.2, 0.25) is 0 Å². The molecule has 0 aromatic rings. The molecule has 11 heteroatoms. The summed E-state index contributed by atoms with van der Waals surface area (Å²) in [4.78, 5) is 9.90. The molecular weight excluding hydrogens is 299 g/mol. The van der Waals surface area contributed by atoms with Crippen molar-refractivity contribution < 1.29 is 62.8 Å². The first kappa shape index (κ1) is 30.2. The summed E-state index contributed by atoms with van der Waals surface area (Å²) in [7, 11) is 1.72. The summed E-state index contributed by atoms with van der Waals surface area (Å²) in [6.07, 6.45) is -6.84. The van der Waals surface area contributed by atoms with E-state index in [0.29, 0.717) is 0 Å². The van der Waals surface area contributed by atoms with Gasteiger partial charge < -0.3 is 41.3 Å². The standard InChI is InChI=1S/C6H12O6.Mn.OSi.2O/c7-1-3(9)5(11)6(12)4(10)2-8;;1-2;;/h1,3-6,8-12H,2H2;;;;/q;2*+2;2*-2/t3-,4+,5+,6+;;;;/m0..../s1. The molecule has 0 bridgehead atoms. The molecule has 4 atom stereocenters. The van der Waals surface area contributed by atoms with E-state index in [0.717, 1.165) is 0 Å². The van der Waals surface area contributed by atoms with Crippen molar-refractivity contribution in [2.75, 3.05) is 6.61 Å². The van der Waals surface area contributed by atoms with E-state index in [2.05, 4.69) is 0 Å². The van der Waals surface area contributed by atoms with Crippen molar-refractivity contribution in [1.82, 2.24) is 0 Å². The van der Waals surface area contributed by atoms with Gasteiger partial charge in [0.25, 0.3) is 0 Å². The van der Waals surface area contributed by atoms with Gasteiger partial charge in [0.2, 0.25) is 0 Å². The normalized spacial score (nSPS) is 15.2. The Bertz CT molecular complexity index is 162. The first-order valence-electron chi connectivity index (χ1n) is 3.53. The summed E-state index contributed by atoms with van der Waals surface area (Å²) in [5.41, 5.74) is 0. The van der Waals surface area contributed by atoms with E-state index in [1.54, 1.807) is 10.1 Å². The zero-order valence-corrected chi connectivity index (χ0v) is 10.5. The maximum atomic E-state index is 9.90. The molecule has 0 saturated carbocycles. The number of aldehydes is 1. The Morgan fingerprint density at radius 1 is 1.00 bits per heavy atom. The van der Waals surface area contributed by atoms with Gasteiger partial charge in [-0.25, -0.2) is 0 Å². The zero-order chi connectivity index (χ0) is 11.7. The number of hydrogen-bond donors (Lipinski definition) is 5. The van der Waals surface area contributed by atoms with Crippen LogP contribution in [0, 0.1) is 0 Å². The van der Waals surface area contributed by atoms with E-state index in [-0.39, 0.29) is 34.3 Å². The van der Waals surface area contributed by atoms with Gasteiger partial charge in [-0.2, -0.15) is 0 Å². The molecule has 17 heavy (non-hydrogen) atoms. The molecule has 5 N–H and O–H groups in total. The summed E-state index contributed by atoms with van der Waals surface area (Å²) in [6, 6.07) is 0. The fourth-order valence-corrected chi connectivity index (χ4v) is 0.618. The number of hydrogen-bond acceptors (Lipinski definition) is 7. The Balaban J connectivity index is -0.0000000907. The predicted octanol–water partition coefficient (Wildman–Crippen LogP) is -4.12. The number of aliphatic hydroxyl groups excluding tert-OH is 5. The van der Waals surface area contributed by atoms with Crippen molar-refractivity contribution >= 4 is 16.4 Å². The number of carbonyl (C=O) groups is 1. The van der Waals surface area contributed by atoms with Crippen LogP contribution in [0.4, 0.5) is 0 Å². The molecule has 0 aliphatic rings. The van der Waals surface area contributed by atoms with Crippen LogP contribution in [-0.2, 0) is 37.3 Å². The van der Waals surface area contributed by atoms with Gasteiger partial charge >= 0.3 is 31.7 Å². The fraction of sp³-hybridized carbons (Fsp3) is 0.833. The van der Waals surface area contributed by atoms with Crippen molar-refractivity contribution in [3.8, 4) is 0 Å². The molecule has 0 heterocycles. The molecule has 0 aliphatic heterocycles. The monoisotopic (exact) mass is 311 g/mol. The molecule has 0 aliphatic carbocycles. The second-order valence-electron chi connectivity index (χ2n) is 2.36. The summed E-state index contributed by atoms with van der Waals surface area (Å²) in [6.45, 7) is -0.760. The molecular formula is C6H12MnO9Si. The van der Waals surface area contributed by atoms with E-state index in [1.807, 2.05) is 0 Å². The minimum absolute atomic E-state index is 0. The van der Waals surface area contributed by atoms with E-state index < -0.39 is 31.0 Å². The molecule has 0 saturated heterocycles. The Morgan fingerprint density at radius 2 is 1.35 bits per heavy atom. The molecule has 0 rings (SSSR count). The van der Waals surface area contributed by atoms with Crippen LogP contribution in [0.3, 0.4) is 0 Å². The fourth-order valence-electron chi connectivity index (χ4n) is 0.618. The summed E-state index contributed by atoms with van der Waals surface area (Å²) in [5.74, 6) is 0. The van der Waals surface area contributed by atoms with Crippen LogP contribution in [0.1, 0.15) is 0 Å². The second kappa shape index (κ2) is 18.3. The number of aliphatic hydroxyl groups is 5. The van der Waals surface area contributed by atoms with Crippen molar-refractivity contribution in [3.05, 3.63) is 0 Å².